The van der Waals surface area contributed by atoms with Crippen LogP contribution in [0, 0.1) is 10.1 Å². The average Bonchev–Trinajstić information content (AvgIpc) is 2.61. The molecule has 6 heteroatoms. The third-order valence-corrected chi connectivity index (χ3v) is 4.47. The first-order valence-electron chi connectivity index (χ1n) is 8.31. The lowest BCUT2D eigenvalue weighted by molar-refractivity contribution is -0.540. The first kappa shape index (κ1) is 17.7. The van der Waals surface area contributed by atoms with Gasteiger partial charge in [0.05, 0.1) is 11.7 Å². The number of rotatable bonds is 5. The van der Waals surface area contributed by atoms with Gasteiger partial charge < -0.3 is 9.84 Å². The zero-order valence-corrected chi connectivity index (χ0v) is 14.2. The van der Waals surface area contributed by atoms with Crippen molar-refractivity contribution in [2.75, 3.05) is 0 Å². The quantitative estimate of drug-likeness (QED) is 0.380. The van der Waals surface area contributed by atoms with Crippen LogP contribution in [0.1, 0.15) is 36.5 Å². The lowest BCUT2D eigenvalue weighted by Crippen LogP contribution is -2.40. The van der Waals surface area contributed by atoms with Gasteiger partial charge in [0.2, 0.25) is 0 Å². The van der Waals surface area contributed by atoms with Gasteiger partial charge in [0.25, 0.3) is 6.04 Å². The minimum atomic E-state index is -1.09. The molecule has 1 aliphatic rings. The van der Waals surface area contributed by atoms with Gasteiger partial charge in [-0.15, -0.1) is 0 Å². The molecule has 0 fully saturated rings. The molecule has 26 heavy (non-hydrogen) atoms. The van der Waals surface area contributed by atoms with E-state index in [4.69, 9.17) is 4.74 Å². The summed E-state index contributed by atoms with van der Waals surface area (Å²) in [6.07, 6.45) is 0.317. The van der Waals surface area contributed by atoms with Crippen LogP contribution < -0.4 is 4.74 Å². The van der Waals surface area contributed by atoms with Crippen LogP contribution in [0.25, 0.3) is 0 Å². The van der Waals surface area contributed by atoms with Crippen molar-refractivity contribution in [2.45, 2.75) is 31.4 Å². The minimum Gasteiger partial charge on any atom is -0.512 e. The Balaban J connectivity index is 2.08. The number of carbonyl (C=O) groups excluding carboxylic acids is 1. The average molecular weight is 353 g/mol. The molecule has 6 nitrogen and oxygen atoms in total. The number of para-hydroxylation sites is 1. The van der Waals surface area contributed by atoms with Gasteiger partial charge in [0.15, 0.2) is 11.9 Å². The Kier molecular flexibility index (Phi) is 5.02. The normalized spacial score (nSPS) is 22.2. The topological polar surface area (TPSA) is 89.7 Å². The van der Waals surface area contributed by atoms with Gasteiger partial charge in [0.1, 0.15) is 5.75 Å². The highest BCUT2D eigenvalue weighted by atomic mass is 16.6. The number of ketones is 1. The smallest absolute Gasteiger partial charge is 0.260 e. The SMILES string of the molecule is CC(=O)/C=C(/O)C[C@H]1c2ccccc2O[C@H](c2ccccc2)[C@@H]1[N+](=O)[O-]. The van der Waals surface area contributed by atoms with Crippen molar-refractivity contribution in [1.82, 2.24) is 0 Å². The third-order valence-electron chi connectivity index (χ3n) is 4.47. The minimum absolute atomic E-state index is 0.00503. The number of nitro groups is 1. The van der Waals surface area contributed by atoms with Crippen molar-refractivity contribution in [3.05, 3.63) is 87.7 Å². The van der Waals surface area contributed by atoms with Crippen LogP contribution in [-0.4, -0.2) is 21.9 Å². The van der Waals surface area contributed by atoms with Gasteiger partial charge in [0, 0.05) is 23.0 Å². The number of nitrogens with zero attached hydrogens (tertiary/aromatic N) is 1. The third kappa shape index (κ3) is 3.59. The van der Waals surface area contributed by atoms with Crippen LogP contribution in [-0.2, 0) is 4.79 Å². The van der Waals surface area contributed by atoms with E-state index in [1.807, 2.05) is 6.07 Å². The van der Waals surface area contributed by atoms with Gasteiger partial charge in [-0.2, -0.15) is 0 Å². The second-order valence-electron chi connectivity index (χ2n) is 6.32. The number of allylic oxidation sites excluding steroid dienone is 2. The van der Waals surface area contributed by atoms with Crippen LogP contribution in [0.15, 0.2) is 66.4 Å². The fourth-order valence-electron chi connectivity index (χ4n) is 3.41. The van der Waals surface area contributed by atoms with E-state index in [1.54, 1.807) is 48.5 Å². The van der Waals surface area contributed by atoms with E-state index in [2.05, 4.69) is 0 Å². The summed E-state index contributed by atoms with van der Waals surface area (Å²) in [4.78, 5) is 22.8. The molecule has 3 atom stereocenters. The van der Waals surface area contributed by atoms with Crippen LogP contribution in [0.4, 0.5) is 0 Å². The maximum Gasteiger partial charge on any atom is 0.260 e. The highest BCUT2D eigenvalue weighted by Gasteiger charge is 2.47. The second-order valence-corrected chi connectivity index (χ2v) is 6.32. The van der Waals surface area contributed by atoms with Gasteiger partial charge in [-0.25, -0.2) is 0 Å². The summed E-state index contributed by atoms with van der Waals surface area (Å²) in [6.45, 7) is 1.33. The summed E-state index contributed by atoms with van der Waals surface area (Å²) in [7, 11) is 0. The van der Waals surface area contributed by atoms with Crippen LogP contribution in [0.3, 0.4) is 0 Å². The van der Waals surface area contributed by atoms with Gasteiger partial charge in [-0.1, -0.05) is 48.5 Å². The molecule has 0 bridgehead atoms. The van der Waals surface area contributed by atoms with Crippen molar-refractivity contribution in [3.63, 3.8) is 0 Å². The molecule has 1 aliphatic heterocycles. The molecule has 3 rings (SSSR count). The standard InChI is InChI=1S/C20H19NO5/c1-13(22)11-15(23)12-17-16-9-5-6-10-18(16)26-20(19(17)21(24)25)14-7-3-2-4-8-14/h2-11,17,19-20,23H,12H2,1H3/b15-11+/t17-,19+,20+/m0/s1. The summed E-state index contributed by atoms with van der Waals surface area (Å²) in [6, 6.07) is 15.0. The molecule has 0 aromatic heterocycles. The molecule has 0 aliphatic carbocycles. The summed E-state index contributed by atoms with van der Waals surface area (Å²) in [5.41, 5.74) is 1.36. The first-order chi connectivity index (χ1) is 12.5. The lowest BCUT2D eigenvalue weighted by atomic mass is 9.80. The highest BCUT2D eigenvalue weighted by Crippen LogP contribution is 2.45. The van der Waals surface area contributed by atoms with E-state index in [0.717, 1.165) is 6.08 Å². The molecule has 0 saturated heterocycles. The molecule has 2 aromatic carbocycles. The fourth-order valence-corrected chi connectivity index (χ4v) is 3.41. The largest absolute Gasteiger partial charge is 0.512 e. The predicted octanol–water partition coefficient (Wildman–Crippen LogP) is 3.97. The van der Waals surface area contributed by atoms with Crippen LogP contribution in [0.5, 0.6) is 5.75 Å². The van der Waals surface area contributed by atoms with Crippen molar-refractivity contribution < 1.29 is 19.6 Å². The van der Waals surface area contributed by atoms with Gasteiger partial charge in [-0.05, 0) is 18.6 Å². The lowest BCUT2D eigenvalue weighted by Gasteiger charge is -2.34. The molecular weight excluding hydrogens is 334 g/mol. The number of aliphatic hydroxyl groups is 1. The molecule has 1 heterocycles. The number of aliphatic hydroxyl groups excluding tert-OH is 1. The molecule has 0 unspecified atom stereocenters. The van der Waals surface area contributed by atoms with E-state index in [1.165, 1.54) is 6.92 Å². The maximum atomic E-state index is 11.9. The van der Waals surface area contributed by atoms with E-state index >= 15 is 0 Å². The monoisotopic (exact) mass is 353 g/mol. The maximum absolute atomic E-state index is 11.9. The first-order valence-corrected chi connectivity index (χ1v) is 8.31. The van der Waals surface area contributed by atoms with E-state index in [-0.39, 0.29) is 22.9 Å². The number of hydrogen-bond acceptors (Lipinski definition) is 5. The Hall–Kier alpha value is -3.15. The van der Waals surface area contributed by atoms with Crippen molar-refractivity contribution in [2.24, 2.45) is 0 Å². The van der Waals surface area contributed by atoms with Gasteiger partial charge in [-0.3, -0.25) is 14.9 Å². The predicted molar refractivity (Wildman–Crippen MR) is 95.8 cm³/mol. The Labute approximate surface area is 150 Å². The summed E-state index contributed by atoms with van der Waals surface area (Å²) < 4.78 is 5.98. The number of benzene rings is 2. The second kappa shape index (κ2) is 7.39. The van der Waals surface area contributed by atoms with Crippen molar-refractivity contribution in [3.8, 4) is 5.75 Å². The molecular formula is C20H19NO5. The van der Waals surface area contributed by atoms with E-state index < -0.39 is 18.1 Å². The Morgan fingerprint density at radius 3 is 2.50 bits per heavy atom. The molecule has 0 amide bonds. The van der Waals surface area contributed by atoms with Crippen molar-refractivity contribution in [1.29, 1.82) is 0 Å². The summed E-state index contributed by atoms with van der Waals surface area (Å²) >= 11 is 0. The number of carbonyl (C=O) groups is 1. The molecule has 0 saturated carbocycles. The Morgan fingerprint density at radius 1 is 1.19 bits per heavy atom. The Morgan fingerprint density at radius 2 is 1.85 bits per heavy atom. The molecule has 0 spiro atoms. The van der Waals surface area contributed by atoms with Crippen molar-refractivity contribution >= 4 is 5.78 Å². The fraction of sp³-hybridized carbons (Fsp3) is 0.250. The van der Waals surface area contributed by atoms with Gasteiger partial charge >= 0.3 is 0 Å². The number of hydrogen-bond donors (Lipinski definition) is 1. The summed E-state index contributed by atoms with van der Waals surface area (Å²) in [5.74, 6) is -0.534. The molecule has 1 N–H and O–H groups in total. The molecule has 0 radical (unpaired) electrons. The zero-order chi connectivity index (χ0) is 18.7. The number of ether oxygens (including phenoxy) is 1. The van der Waals surface area contributed by atoms with E-state index in [0.29, 0.717) is 16.9 Å². The van der Waals surface area contributed by atoms with Crippen LogP contribution in [0.2, 0.25) is 0 Å². The summed E-state index contributed by atoms with van der Waals surface area (Å²) in [5, 5.41) is 22.1. The Bertz CT molecular complexity index is 846. The zero-order valence-electron chi connectivity index (χ0n) is 14.2. The molecule has 2 aromatic rings. The van der Waals surface area contributed by atoms with E-state index in [9.17, 15) is 20.0 Å². The molecule has 134 valence electrons. The highest BCUT2D eigenvalue weighted by molar-refractivity contribution is 5.87. The number of fused-ring (bicyclic) bond motifs is 1. The van der Waals surface area contributed by atoms with Crippen LogP contribution >= 0.6 is 0 Å².